The molecule has 0 saturated carbocycles. The molecular formula is C10H12ClFN2O2S. The van der Waals surface area contributed by atoms with Crippen LogP contribution in [0.2, 0.25) is 5.02 Å². The Labute approximate surface area is 107 Å². The van der Waals surface area contributed by atoms with E-state index in [9.17, 15) is 14.0 Å². The number of nitrogens with one attached hydrogen (secondary N) is 1. The van der Waals surface area contributed by atoms with Gasteiger partial charge >= 0.3 is 0 Å². The van der Waals surface area contributed by atoms with Crippen molar-refractivity contribution in [3.05, 3.63) is 20.3 Å². The molecule has 17 heavy (non-hydrogen) atoms. The monoisotopic (exact) mass is 278 g/mol. The topological polar surface area (TPSA) is 53.2 Å². The second kappa shape index (κ2) is 5.18. The van der Waals surface area contributed by atoms with Gasteiger partial charge in [0, 0.05) is 13.1 Å². The summed E-state index contributed by atoms with van der Waals surface area (Å²) in [5, 5.41) is -0.0485. The van der Waals surface area contributed by atoms with E-state index < -0.39 is 5.56 Å². The molecule has 1 aromatic rings. The number of amides is 1. The lowest BCUT2D eigenvalue weighted by Crippen LogP contribution is -2.38. The van der Waals surface area contributed by atoms with E-state index in [2.05, 4.69) is 4.37 Å². The van der Waals surface area contributed by atoms with Crippen molar-refractivity contribution in [2.24, 2.45) is 5.92 Å². The molecule has 94 valence electrons. The molecule has 0 unspecified atom stereocenters. The van der Waals surface area contributed by atoms with Crippen LogP contribution in [0.1, 0.15) is 22.5 Å². The zero-order chi connectivity index (χ0) is 12.4. The minimum atomic E-state index is -0.432. The predicted octanol–water partition coefficient (Wildman–Crippen LogP) is 1.91. The fourth-order valence-electron chi connectivity index (χ4n) is 1.86. The highest BCUT2D eigenvalue weighted by molar-refractivity contribution is 7.08. The summed E-state index contributed by atoms with van der Waals surface area (Å²) in [6.07, 6.45) is 1.33. The van der Waals surface area contributed by atoms with E-state index in [1.807, 2.05) is 0 Å². The Bertz CT molecular complexity index is 465. The molecule has 0 bridgehead atoms. The molecule has 0 aromatic carbocycles. The van der Waals surface area contributed by atoms with Gasteiger partial charge in [0.05, 0.1) is 6.67 Å². The number of hydrogen-bond donors (Lipinski definition) is 1. The first-order chi connectivity index (χ1) is 8.13. The van der Waals surface area contributed by atoms with Crippen LogP contribution in [0.15, 0.2) is 4.79 Å². The van der Waals surface area contributed by atoms with Gasteiger partial charge < -0.3 is 4.90 Å². The third-order valence-corrected chi connectivity index (χ3v) is 4.30. The number of halogens is 2. The molecule has 1 aliphatic rings. The van der Waals surface area contributed by atoms with Crippen molar-refractivity contribution in [1.29, 1.82) is 0 Å². The Morgan fingerprint density at radius 1 is 1.53 bits per heavy atom. The van der Waals surface area contributed by atoms with Gasteiger partial charge in [-0.2, -0.15) is 0 Å². The quantitative estimate of drug-likeness (QED) is 0.898. The van der Waals surface area contributed by atoms with Crippen molar-refractivity contribution in [3.63, 3.8) is 0 Å². The average Bonchev–Trinajstić information content (AvgIpc) is 2.69. The van der Waals surface area contributed by atoms with Gasteiger partial charge in [-0.05, 0) is 18.8 Å². The van der Waals surface area contributed by atoms with Crippen LogP contribution in [0.25, 0.3) is 0 Å². The Balaban J connectivity index is 2.07. The number of carbonyl (C=O) groups excluding carboxylic acids is 1. The fourth-order valence-corrected chi connectivity index (χ4v) is 2.86. The largest absolute Gasteiger partial charge is 0.338 e. The molecule has 1 fully saturated rings. The number of alkyl halides is 1. The first-order valence-corrected chi connectivity index (χ1v) is 6.55. The Hall–Kier alpha value is -0.880. The van der Waals surface area contributed by atoms with E-state index in [4.69, 9.17) is 11.6 Å². The molecule has 0 atom stereocenters. The van der Waals surface area contributed by atoms with E-state index >= 15 is 0 Å². The predicted molar refractivity (Wildman–Crippen MR) is 64.6 cm³/mol. The maximum absolute atomic E-state index is 12.4. The van der Waals surface area contributed by atoms with Gasteiger partial charge in [-0.25, -0.2) is 0 Å². The molecule has 0 spiro atoms. The highest BCUT2D eigenvalue weighted by Crippen LogP contribution is 2.22. The number of nitrogens with zero attached hydrogens (tertiary/aromatic N) is 1. The van der Waals surface area contributed by atoms with Gasteiger partial charge in [-0.1, -0.05) is 23.1 Å². The summed E-state index contributed by atoms with van der Waals surface area (Å²) in [5.41, 5.74) is -0.432. The standard InChI is InChI=1S/C10H12ClFN2O2S/c11-7-8(17-13-9(7)15)10(16)14-3-1-6(5-12)2-4-14/h6H,1-5H2,(H,13,15). The second-order valence-electron chi connectivity index (χ2n) is 4.07. The Kier molecular flexibility index (Phi) is 3.83. The molecule has 1 aromatic heterocycles. The number of aromatic nitrogens is 1. The summed E-state index contributed by atoms with van der Waals surface area (Å²) in [5.74, 6) is -0.185. The molecule has 2 heterocycles. The summed E-state index contributed by atoms with van der Waals surface area (Å²) >= 11 is 6.69. The van der Waals surface area contributed by atoms with Crippen LogP contribution in [0.5, 0.6) is 0 Å². The molecule has 1 saturated heterocycles. The van der Waals surface area contributed by atoms with Crippen molar-refractivity contribution >= 4 is 29.0 Å². The van der Waals surface area contributed by atoms with Crippen LogP contribution in [-0.4, -0.2) is 34.9 Å². The average molecular weight is 279 g/mol. The van der Waals surface area contributed by atoms with E-state index in [-0.39, 0.29) is 28.4 Å². The molecule has 0 radical (unpaired) electrons. The molecule has 7 heteroatoms. The van der Waals surface area contributed by atoms with E-state index in [0.717, 1.165) is 11.5 Å². The van der Waals surface area contributed by atoms with Gasteiger partial charge in [-0.15, -0.1) is 0 Å². The van der Waals surface area contributed by atoms with E-state index in [0.29, 0.717) is 25.9 Å². The van der Waals surface area contributed by atoms with Crippen LogP contribution in [0, 0.1) is 5.92 Å². The van der Waals surface area contributed by atoms with Crippen LogP contribution < -0.4 is 5.56 Å². The molecule has 1 amide bonds. The van der Waals surface area contributed by atoms with Crippen molar-refractivity contribution < 1.29 is 9.18 Å². The lowest BCUT2D eigenvalue weighted by molar-refractivity contribution is 0.0682. The molecule has 4 nitrogen and oxygen atoms in total. The molecule has 0 aliphatic carbocycles. The summed E-state index contributed by atoms with van der Waals surface area (Å²) in [6, 6.07) is 0. The minimum absolute atomic E-state index is 0.0485. The number of aromatic amines is 1. The van der Waals surface area contributed by atoms with Crippen LogP contribution in [0.3, 0.4) is 0 Å². The maximum Gasteiger partial charge on any atom is 0.277 e. The number of piperidine rings is 1. The van der Waals surface area contributed by atoms with Crippen LogP contribution in [-0.2, 0) is 0 Å². The Morgan fingerprint density at radius 2 is 2.18 bits per heavy atom. The Morgan fingerprint density at radius 3 is 2.65 bits per heavy atom. The number of carbonyl (C=O) groups is 1. The zero-order valence-corrected chi connectivity index (χ0v) is 10.6. The van der Waals surface area contributed by atoms with Gasteiger partial charge in [0.1, 0.15) is 9.90 Å². The second-order valence-corrected chi connectivity index (χ2v) is 5.26. The van der Waals surface area contributed by atoms with Gasteiger partial charge in [0.2, 0.25) is 0 Å². The van der Waals surface area contributed by atoms with Crippen molar-refractivity contribution in [1.82, 2.24) is 9.27 Å². The van der Waals surface area contributed by atoms with Gasteiger partial charge in [-0.3, -0.25) is 18.4 Å². The van der Waals surface area contributed by atoms with Crippen molar-refractivity contribution in [2.75, 3.05) is 19.8 Å². The van der Waals surface area contributed by atoms with Gasteiger partial charge in [0.25, 0.3) is 11.5 Å². The first kappa shape index (κ1) is 12.6. The molecule has 1 N–H and O–H groups in total. The highest BCUT2D eigenvalue weighted by atomic mass is 35.5. The van der Waals surface area contributed by atoms with Crippen LogP contribution in [0.4, 0.5) is 4.39 Å². The third kappa shape index (κ3) is 2.52. The number of likely N-dealkylation sites (tertiary alicyclic amines) is 1. The fraction of sp³-hybridized carbons (Fsp3) is 0.600. The lowest BCUT2D eigenvalue weighted by atomic mass is 9.98. The number of rotatable bonds is 2. The third-order valence-electron chi connectivity index (χ3n) is 2.96. The molecular weight excluding hydrogens is 267 g/mol. The summed E-state index contributed by atoms with van der Waals surface area (Å²) in [7, 11) is 0. The zero-order valence-electron chi connectivity index (χ0n) is 9.04. The number of H-pyrrole nitrogens is 1. The SMILES string of the molecule is O=C(c1s[nH]c(=O)c1Cl)N1CCC(CF)CC1. The summed E-state index contributed by atoms with van der Waals surface area (Å²) < 4.78 is 14.9. The first-order valence-electron chi connectivity index (χ1n) is 5.35. The minimum Gasteiger partial charge on any atom is -0.338 e. The smallest absolute Gasteiger partial charge is 0.277 e. The molecule has 1 aliphatic heterocycles. The molecule has 2 rings (SSSR count). The lowest BCUT2D eigenvalue weighted by Gasteiger charge is -2.30. The van der Waals surface area contributed by atoms with Gasteiger partial charge in [0.15, 0.2) is 0 Å². The normalized spacial score (nSPS) is 17.4. The maximum atomic E-state index is 12.4. The van der Waals surface area contributed by atoms with Crippen molar-refractivity contribution in [3.8, 4) is 0 Å². The van der Waals surface area contributed by atoms with E-state index in [1.54, 1.807) is 4.90 Å². The van der Waals surface area contributed by atoms with E-state index in [1.165, 1.54) is 0 Å². The van der Waals surface area contributed by atoms with Crippen LogP contribution >= 0.6 is 23.1 Å². The summed E-state index contributed by atoms with van der Waals surface area (Å²) in [6.45, 7) is 0.714. The summed E-state index contributed by atoms with van der Waals surface area (Å²) in [4.78, 5) is 25.0. The number of hydrogen-bond acceptors (Lipinski definition) is 3. The highest BCUT2D eigenvalue weighted by Gasteiger charge is 2.26. The van der Waals surface area contributed by atoms with Crippen molar-refractivity contribution in [2.45, 2.75) is 12.8 Å².